The highest BCUT2D eigenvalue weighted by Crippen LogP contribution is 2.43. The Hall–Kier alpha value is -1.36. The van der Waals surface area contributed by atoms with Crippen LogP contribution in [0.3, 0.4) is 0 Å². The Balaban J connectivity index is 2.02. The number of nitrogens with one attached hydrogen (secondary N) is 1. The Kier molecular flexibility index (Phi) is 6.89. The molecule has 148 valence electrons. The van der Waals surface area contributed by atoms with Crippen LogP contribution in [0.5, 0.6) is 0 Å². The summed E-state index contributed by atoms with van der Waals surface area (Å²) in [4.78, 5) is 18.5. The summed E-state index contributed by atoms with van der Waals surface area (Å²) in [7, 11) is 0. The average molecular weight is 364 g/mol. The minimum atomic E-state index is -0.892. The van der Waals surface area contributed by atoms with E-state index in [1.807, 2.05) is 0 Å². The molecule has 0 aromatic carbocycles. The molecule has 1 aliphatic carbocycles. The van der Waals surface area contributed by atoms with Crippen molar-refractivity contribution >= 4 is 12.1 Å². The van der Waals surface area contributed by atoms with Crippen LogP contribution >= 0.6 is 0 Å². The van der Waals surface area contributed by atoms with Crippen molar-refractivity contribution in [3.8, 4) is 0 Å². The van der Waals surface area contributed by atoms with Gasteiger partial charge in [-0.05, 0) is 50.9 Å². The summed E-state index contributed by atoms with van der Waals surface area (Å²) in [5, 5.41) is 13.3. The van der Waals surface area contributed by atoms with Crippen LogP contribution in [0.25, 0.3) is 0 Å². The lowest BCUT2D eigenvalue weighted by atomic mass is 9.68. The lowest BCUT2D eigenvalue weighted by molar-refractivity contribution is -0.127. The number of nitrogens with zero attached hydrogens (tertiary/aromatic N) is 2. The van der Waals surface area contributed by atoms with Crippen molar-refractivity contribution in [1.82, 2.24) is 10.2 Å². The largest absolute Gasteiger partial charge is 0.388 e. The quantitative estimate of drug-likeness (QED) is 0.722. The maximum atomic E-state index is 12.3. The third-order valence-corrected chi connectivity index (χ3v) is 5.91. The smallest absolute Gasteiger partial charge is 0.225 e. The van der Waals surface area contributed by atoms with Gasteiger partial charge in [0.1, 0.15) is 0 Å². The molecular weight excluding hydrogens is 326 g/mol. The Labute approximate surface area is 158 Å². The number of unbranched alkanes of at least 4 members (excludes halogenated alkanes) is 1. The first kappa shape index (κ1) is 20.9. The summed E-state index contributed by atoms with van der Waals surface area (Å²) in [6, 6.07) is -0.243. The van der Waals surface area contributed by atoms with Gasteiger partial charge in [-0.3, -0.25) is 9.69 Å². The number of hydrogen-bond acceptors (Lipinski definition) is 4. The molecule has 1 amide bonds. The fourth-order valence-corrected chi connectivity index (χ4v) is 4.28. The van der Waals surface area contributed by atoms with E-state index in [4.69, 9.17) is 0 Å². The van der Waals surface area contributed by atoms with Gasteiger partial charge in [0, 0.05) is 25.9 Å². The summed E-state index contributed by atoms with van der Waals surface area (Å²) < 4.78 is 0. The zero-order valence-electron chi connectivity index (χ0n) is 17.2. The highest BCUT2D eigenvalue weighted by molar-refractivity contribution is 5.77. The maximum Gasteiger partial charge on any atom is 0.225 e. The first-order valence-corrected chi connectivity index (χ1v) is 10.2. The first-order chi connectivity index (χ1) is 12.1. The van der Waals surface area contributed by atoms with Crippen molar-refractivity contribution in [2.24, 2.45) is 16.3 Å². The second-order valence-electron chi connectivity index (χ2n) is 9.08. The van der Waals surface area contributed by atoms with Gasteiger partial charge >= 0.3 is 0 Å². The van der Waals surface area contributed by atoms with Gasteiger partial charge in [0.15, 0.2) is 5.82 Å². The van der Waals surface area contributed by atoms with Crippen molar-refractivity contribution < 1.29 is 9.90 Å². The van der Waals surface area contributed by atoms with E-state index in [1.165, 1.54) is 44.9 Å². The molecule has 1 aliphatic heterocycles. The predicted octanol–water partition coefficient (Wildman–Crippen LogP) is 3.83. The lowest BCUT2D eigenvalue weighted by Crippen LogP contribution is -2.48. The molecule has 0 spiro atoms. The second kappa shape index (κ2) is 8.55. The zero-order chi connectivity index (χ0) is 19.4. The van der Waals surface area contributed by atoms with Crippen LogP contribution in [0.1, 0.15) is 79.6 Å². The molecule has 2 rings (SSSR count). The average Bonchev–Trinajstić information content (AvgIpc) is 2.57. The van der Waals surface area contributed by atoms with Gasteiger partial charge in [0.2, 0.25) is 5.91 Å². The third-order valence-electron chi connectivity index (χ3n) is 5.91. The number of rotatable bonds is 7. The Morgan fingerprint density at radius 1 is 1.50 bits per heavy atom. The summed E-state index contributed by atoms with van der Waals surface area (Å²) >= 11 is 0. The highest BCUT2D eigenvalue weighted by atomic mass is 16.3. The SMILES string of the molecule is CCCCC1(C)CCCC(CN(C(C)=O)C2=CNC(C(C)(C)O)C=N2)C1. The number of hydrogen-bond donors (Lipinski definition) is 2. The van der Waals surface area contributed by atoms with Gasteiger partial charge in [-0.2, -0.15) is 0 Å². The van der Waals surface area contributed by atoms with Crippen LogP contribution in [0.4, 0.5) is 0 Å². The molecule has 26 heavy (non-hydrogen) atoms. The Morgan fingerprint density at radius 3 is 2.77 bits per heavy atom. The summed E-state index contributed by atoms with van der Waals surface area (Å²) in [6.07, 6.45) is 12.2. The van der Waals surface area contributed by atoms with Crippen LogP contribution in [-0.2, 0) is 4.79 Å². The molecule has 0 bridgehead atoms. The molecule has 0 radical (unpaired) electrons. The minimum absolute atomic E-state index is 0.0257. The first-order valence-electron chi connectivity index (χ1n) is 10.2. The monoisotopic (exact) mass is 363 g/mol. The summed E-state index contributed by atoms with van der Waals surface area (Å²) in [5.74, 6) is 1.20. The molecule has 0 saturated heterocycles. The topological polar surface area (TPSA) is 64.9 Å². The third kappa shape index (κ3) is 5.57. The van der Waals surface area contributed by atoms with Gasteiger partial charge in [-0.25, -0.2) is 4.99 Å². The van der Waals surface area contributed by atoms with E-state index in [-0.39, 0.29) is 11.9 Å². The second-order valence-corrected chi connectivity index (χ2v) is 9.08. The van der Waals surface area contributed by atoms with Gasteiger partial charge in [0.25, 0.3) is 0 Å². The molecule has 5 nitrogen and oxygen atoms in total. The Bertz CT molecular complexity index is 550. The number of aliphatic imine (C=N–C) groups is 1. The van der Waals surface area contributed by atoms with Crippen molar-refractivity contribution in [3.05, 3.63) is 12.0 Å². The van der Waals surface area contributed by atoms with E-state index >= 15 is 0 Å². The molecule has 0 aromatic rings. The van der Waals surface area contributed by atoms with E-state index in [0.29, 0.717) is 17.2 Å². The molecule has 1 fully saturated rings. The van der Waals surface area contributed by atoms with Gasteiger partial charge < -0.3 is 10.4 Å². The van der Waals surface area contributed by atoms with Crippen molar-refractivity contribution in [3.63, 3.8) is 0 Å². The molecule has 3 atom stereocenters. The molecule has 1 saturated carbocycles. The van der Waals surface area contributed by atoms with Crippen LogP contribution in [0.15, 0.2) is 17.0 Å². The van der Waals surface area contributed by atoms with Crippen LogP contribution in [0.2, 0.25) is 0 Å². The van der Waals surface area contributed by atoms with Crippen molar-refractivity contribution in [2.45, 2.75) is 91.2 Å². The normalized spacial score (nSPS) is 29.1. The lowest BCUT2D eigenvalue weighted by Gasteiger charge is -2.40. The van der Waals surface area contributed by atoms with E-state index in [1.54, 1.807) is 38.1 Å². The predicted molar refractivity (Wildman–Crippen MR) is 107 cm³/mol. The van der Waals surface area contributed by atoms with Gasteiger partial charge in [-0.15, -0.1) is 0 Å². The van der Waals surface area contributed by atoms with E-state index < -0.39 is 5.60 Å². The minimum Gasteiger partial charge on any atom is -0.388 e. The number of carbonyl (C=O) groups excluding carboxylic acids is 1. The van der Waals surface area contributed by atoms with Gasteiger partial charge in [0.05, 0.1) is 11.6 Å². The molecule has 0 aromatic heterocycles. The van der Waals surface area contributed by atoms with E-state index in [0.717, 1.165) is 6.54 Å². The fraction of sp³-hybridized carbons (Fsp3) is 0.810. The molecule has 2 N–H and O–H groups in total. The molecule has 2 aliphatic rings. The highest BCUT2D eigenvalue weighted by Gasteiger charge is 2.34. The molecule has 5 heteroatoms. The fourth-order valence-electron chi connectivity index (χ4n) is 4.28. The summed E-state index contributed by atoms with van der Waals surface area (Å²) in [6.45, 7) is 10.5. The van der Waals surface area contributed by atoms with Gasteiger partial charge in [-0.1, -0.05) is 33.1 Å². The molecular formula is C21H37N3O2. The number of aliphatic hydroxyl groups is 1. The number of amides is 1. The van der Waals surface area contributed by atoms with E-state index in [2.05, 4.69) is 24.2 Å². The van der Waals surface area contributed by atoms with Crippen LogP contribution in [0, 0.1) is 11.3 Å². The van der Waals surface area contributed by atoms with Crippen LogP contribution < -0.4 is 5.32 Å². The van der Waals surface area contributed by atoms with Crippen molar-refractivity contribution in [2.75, 3.05) is 6.54 Å². The summed E-state index contributed by atoms with van der Waals surface area (Å²) in [5.41, 5.74) is -0.479. The Morgan fingerprint density at radius 2 is 2.23 bits per heavy atom. The maximum absolute atomic E-state index is 12.3. The number of carbonyl (C=O) groups is 1. The molecule has 1 heterocycles. The molecule has 3 unspecified atom stereocenters. The van der Waals surface area contributed by atoms with E-state index in [9.17, 15) is 9.90 Å². The standard InChI is InChI=1S/C21H37N3O2/c1-6-7-10-21(5)11-8-9-17(12-21)15-24(16(2)25)19-14-22-18(13-23-19)20(3,4)26/h13-14,17-18,22,26H,6-12,15H2,1-5H3. The van der Waals surface area contributed by atoms with Crippen molar-refractivity contribution in [1.29, 1.82) is 0 Å². The van der Waals surface area contributed by atoms with Crippen LogP contribution in [-0.4, -0.2) is 40.3 Å². The zero-order valence-corrected chi connectivity index (χ0v) is 17.2.